The van der Waals surface area contributed by atoms with Gasteiger partial charge in [0, 0.05) is 28.4 Å². The van der Waals surface area contributed by atoms with Gasteiger partial charge >= 0.3 is 5.97 Å². The predicted molar refractivity (Wildman–Crippen MR) is 107 cm³/mol. The molecule has 0 saturated carbocycles. The highest BCUT2D eigenvalue weighted by Crippen LogP contribution is 2.22. The molecule has 0 radical (unpaired) electrons. The minimum Gasteiger partial charge on any atom is -0.488 e. The molecule has 27 heavy (non-hydrogen) atoms. The highest BCUT2D eigenvalue weighted by atomic mass is 35.5. The summed E-state index contributed by atoms with van der Waals surface area (Å²) < 4.78 is 10.6. The van der Waals surface area contributed by atoms with Gasteiger partial charge in [-0.3, -0.25) is 4.79 Å². The Kier molecular flexibility index (Phi) is 7.95. The van der Waals surface area contributed by atoms with Crippen LogP contribution in [0.1, 0.15) is 31.5 Å². The molecule has 1 aromatic carbocycles. The van der Waals surface area contributed by atoms with Crippen LogP contribution in [0.15, 0.2) is 41.3 Å². The van der Waals surface area contributed by atoms with Crippen LogP contribution in [-0.4, -0.2) is 17.6 Å². The van der Waals surface area contributed by atoms with Gasteiger partial charge in [-0.25, -0.2) is 4.79 Å². The number of hydrogen-bond acceptors (Lipinski definition) is 4. The summed E-state index contributed by atoms with van der Waals surface area (Å²) in [6.07, 6.45) is 5.14. The largest absolute Gasteiger partial charge is 0.488 e. The number of ether oxygens (including phenoxy) is 2. The molecule has 0 saturated heterocycles. The number of carbonyl (C=O) groups is 1. The maximum absolute atomic E-state index is 12.0. The van der Waals surface area contributed by atoms with Crippen molar-refractivity contribution in [3.8, 4) is 5.75 Å². The van der Waals surface area contributed by atoms with Gasteiger partial charge in [-0.15, -0.1) is 0 Å². The molecule has 0 atom stereocenters. The Balaban J connectivity index is 1.88. The molecule has 0 fully saturated rings. The standard InChI is InChI=1S/C20H21Cl2NO4/c1-13(2)7-8-26-19-11-23-16(10-18(19)24)12-27-20(25)6-4-14-3-5-15(21)9-17(14)22/h3-6,9-11,13H,7-8,12H2,1-2H3,(H,23,24)/b6-4+. The Morgan fingerprint density at radius 1 is 1.26 bits per heavy atom. The van der Waals surface area contributed by atoms with Crippen LogP contribution in [-0.2, 0) is 16.1 Å². The van der Waals surface area contributed by atoms with E-state index in [1.807, 2.05) is 0 Å². The first-order valence-corrected chi connectivity index (χ1v) is 9.25. The van der Waals surface area contributed by atoms with Crippen LogP contribution in [0.3, 0.4) is 0 Å². The molecule has 0 aliphatic carbocycles. The zero-order valence-corrected chi connectivity index (χ0v) is 16.6. The minimum atomic E-state index is -0.556. The van der Waals surface area contributed by atoms with Gasteiger partial charge in [-0.05, 0) is 36.1 Å². The maximum Gasteiger partial charge on any atom is 0.331 e. The summed E-state index contributed by atoms with van der Waals surface area (Å²) in [7, 11) is 0. The van der Waals surface area contributed by atoms with Crippen LogP contribution >= 0.6 is 23.2 Å². The van der Waals surface area contributed by atoms with E-state index in [2.05, 4.69) is 18.8 Å². The molecule has 5 nitrogen and oxygen atoms in total. The lowest BCUT2D eigenvalue weighted by atomic mass is 10.1. The Hall–Kier alpha value is -2.24. The number of carbonyl (C=O) groups excluding carboxylic acids is 1. The van der Waals surface area contributed by atoms with Crippen molar-refractivity contribution in [3.05, 3.63) is 68.1 Å². The summed E-state index contributed by atoms with van der Waals surface area (Å²) in [5.41, 5.74) is 0.865. The van der Waals surface area contributed by atoms with Crippen molar-refractivity contribution in [3.63, 3.8) is 0 Å². The molecule has 0 aliphatic heterocycles. The Morgan fingerprint density at radius 3 is 2.70 bits per heavy atom. The number of halogens is 2. The summed E-state index contributed by atoms with van der Waals surface area (Å²) >= 11 is 11.9. The molecule has 0 amide bonds. The quantitative estimate of drug-likeness (QED) is 0.498. The monoisotopic (exact) mass is 409 g/mol. The third kappa shape index (κ3) is 7.12. The molecule has 7 heteroatoms. The second-order valence-corrected chi connectivity index (χ2v) is 7.17. The summed E-state index contributed by atoms with van der Waals surface area (Å²) in [5, 5.41) is 0.948. The Bertz CT molecular complexity index is 875. The van der Waals surface area contributed by atoms with Gasteiger partial charge in [0.05, 0.1) is 12.3 Å². The molecule has 0 unspecified atom stereocenters. The smallest absolute Gasteiger partial charge is 0.331 e. The lowest BCUT2D eigenvalue weighted by molar-refractivity contribution is -0.139. The highest BCUT2D eigenvalue weighted by Gasteiger charge is 2.06. The first-order chi connectivity index (χ1) is 12.8. The van der Waals surface area contributed by atoms with Crippen LogP contribution in [0.4, 0.5) is 0 Å². The van der Waals surface area contributed by atoms with E-state index in [0.717, 1.165) is 6.42 Å². The molecule has 0 aliphatic rings. The van der Waals surface area contributed by atoms with Crippen LogP contribution in [0.5, 0.6) is 5.75 Å². The summed E-state index contributed by atoms with van der Waals surface area (Å²) in [4.78, 5) is 26.7. The molecule has 0 spiro atoms. The predicted octanol–water partition coefficient (Wildman–Crippen LogP) is 4.86. The molecule has 144 valence electrons. The minimum absolute atomic E-state index is 0.0565. The fourth-order valence-electron chi connectivity index (χ4n) is 2.09. The number of rotatable bonds is 8. The van der Waals surface area contributed by atoms with Crippen molar-refractivity contribution in [2.45, 2.75) is 26.9 Å². The first-order valence-electron chi connectivity index (χ1n) is 8.49. The summed E-state index contributed by atoms with van der Waals surface area (Å²) in [5.74, 6) is 0.195. The van der Waals surface area contributed by atoms with Crippen LogP contribution in [0.2, 0.25) is 10.0 Å². The van der Waals surface area contributed by atoms with Crippen LogP contribution < -0.4 is 10.2 Å². The van der Waals surface area contributed by atoms with E-state index < -0.39 is 5.97 Å². The summed E-state index contributed by atoms with van der Waals surface area (Å²) in [6, 6.07) is 6.32. The van der Waals surface area contributed by atoms with Gasteiger partial charge in [-0.2, -0.15) is 0 Å². The first kappa shape index (κ1) is 21.1. The van der Waals surface area contributed by atoms with Crippen molar-refractivity contribution in [2.75, 3.05) is 6.61 Å². The van der Waals surface area contributed by atoms with Crippen molar-refractivity contribution >= 4 is 35.2 Å². The number of benzene rings is 1. The van der Waals surface area contributed by atoms with Gasteiger partial charge in [0.2, 0.25) is 5.43 Å². The topological polar surface area (TPSA) is 68.4 Å². The van der Waals surface area contributed by atoms with Crippen molar-refractivity contribution in [2.24, 2.45) is 5.92 Å². The van der Waals surface area contributed by atoms with Crippen molar-refractivity contribution < 1.29 is 14.3 Å². The van der Waals surface area contributed by atoms with Gasteiger partial charge in [0.25, 0.3) is 0 Å². The van der Waals surface area contributed by atoms with E-state index in [4.69, 9.17) is 32.7 Å². The molecule has 0 bridgehead atoms. The molecular formula is C20H21Cl2NO4. The van der Waals surface area contributed by atoms with Crippen molar-refractivity contribution in [1.29, 1.82) is 0 Å². The normalized spacial score (nSPS) is 11.1. The fraction of sp³-hybridized carbons (Fsp3) is 0.300. The number of aromatic nitrogens is 1. The number of H-pyrrole nitrogens is 1. The third-order valence-electron chi connectivity index (χ3n) is 3.62. The maximum atomic E-state index is 12.0. The number of aromatic amines is 1. The molecule has 1 heterocycles. The lowest BCUT2D eigenvalue weighted by Gasteiger charge is -2.08. The number of nitrogens with one attached hydrogen (secondary N) is 1. The number of esters is 1. The fourth-order valence-corrected chi connectivity index (χ4v) is 2.56. The van der Waals surface area contributed by atoms with Crippen LogP contribution in [0.25, 0.3) is 6.08 Å². The Morgan fingerprint density at radius 2 is 2.04 bits per heavy atom. The van der Waals surface area contributed by atoms with Crippen LogP contribution in [0, 0.1) is 5.92 Å². The number of hydrogen-bond donors (Lipinski definition) is 1. The molecular weight excluding hydrogens is 389 g/mol. The highest BCUT2D eigenvalue weighted by molar-refractivity contribution is 6.35. The second-order valence-electron chi connectivity index (χ2n) is 6.32. The lowest BCUT2D eigenvalue weighted by Crippen LogP contribution is -2.12. The Labute approximate surface area is 167 Å². The van der Waals surface area contributed by atoms with E-state index in [1.54, 1.807) is 18.2 Å². The molecule has 1 N–H and O–H groups in total. The average Bonchev–Trinajstić information content (AvgIpc) is 2.60. The molecule has 2 rings (SSSR count). The zero-order valence-electron chi connectivity index (χ0n) is 15.1. The summed E-state index contributed by atoms with van der Waals surface area (Å²) in [6.45, 7) is 4.59. The third-order valence-corrected chi connectivity index (χ3v) is 4.18. The van der Waals surface area contributed by atoms with E-state index in [1.165, 1.54) is 24.4 Å². The molecule has 2 aromatic rings. The SMILES string of the molecule is CC(C)CCOc1c[nH]c(COC(=O)/C=C/c2ccc(Cl)cc2Cl)cc1=O. The number of pyridine rings is 1. The van der Waals surface area contributed by atoms with Gasteiger partial charge in [-0.1, -0.05) is 43.1 Å². The molecule has 1 aromatic heterocycles. The average molecular weight is 410 g/mol. The van der Waals surface area contributed by atoms with Gasteiger partial charge < -0.3 is 14.5 Å². The van der Waals surface area contributed by atoms with Gasteiger partial charge in [0.1, 0.15) is 6.61 Å². The zero-order chi connectivity index (χ0) is 19.8. The second kappa shape index (κ2) is 10.2. The van der Waals surface area contributed by atoms with E-state index in [-0.39, 0.29) is 17.8 Å². The van der Waals surface area contributed by atoms with E-state index in [9.17, 15) is 9.59 Å². The van der Waals surface area contributed by atoms with Gasteiger partial charge in [0.15, 0.2) is 5.75 Å². The van der Waals surface area contributed by atoms with E-state index >= 15 is 0 Å². The van der Waals surface area contributed by atoms with E-state index in [0.29, 0.717) is 33.8 Å². The van der Waals surface area contributed by atoms with Crippen molar-refractivity contribution in [1.82, 2.24) is 4.98 Å².